The molecule has 12 nitrogen and oxygen atoms in total. The Morgan fingerprint density at radius 2 is 1.90 bits per heavy atom. The summed E-state index contributed by atoms with van der Waals surface area (Å²) in [6.45, 7) is 2.54. The predicted molar refractivity (Wildman–Crippen MR) is 182 cm³/mol. The number of aromatic hydroxyl groups is 1. The average Bonchev–Trinajstić information content (AvgIpc) is 3.73. The number of halogens is 3. The maximum atomic E-state index is 17.0. The fraction of sp³-hybridized carbons (Fsp3) is 0.432. The summed E-state index contributed by atoms with van der Waals surface area (Å²) in [5, 5.41) is 11.4. The number of carbonyl (C=O) groups is 2. The quantitative estimate of drug-likeness (QED) is 0.156. The molecule has 4 atom stereocenters. The minimum absolute atomic E-state index is 0.0730. The van der Waals surface area contributed by atoms with Gasteiger partial charge in [0.05, 0.1) is 28.6 Å². The number of carbonyl (C=O) groups excluding carboxylic acids is 2. The molecule has 8 rings (SSSR count). The minimum Gasteiger partial charge on any atom is -0.508 e. The van der Waals surface area contributed by atoms with Gasteiger partial charge in [-0.3, -0.25) is 19.6 Å². The summed E-state index contributed by atoms with van der Waals surface area (Å²) >= 11 is 0. The van der Waals surface area contributed by atoms with E-state index in [-0.39, 0.29) is 63.6 Å². The van der Waals surface area contributed by atoms with Crippen molar-refractivity contribution in [3.8, 4) is 35.4 Å². The molecule has 2 aromatic carbocycles. The molecule has 2 bridgehead atoms. The topological polar surface area (TPSA) is 130 Å². The molecule has 0 saturated carbocycles. The van der Waals surface area contributed by atoms with Crippen molar-refractivity contribution in [3.63, 3.8) is 0 Å². The second-order valence-electron chi connectivity index (χ2n) is 13.9. The zero-order valence-electron chi connectivity index (χ0n) is 28.3. The highest BCUT2D eigenvalue weighted by Crippen LogP contribution is 2.42. The molecule has 0 radical (unpaired) electrons. The number of phenolic OH excluding ortho intramolecular Hbond substituents is 1. The molecule has 270 valence electrons. The Kier molecular flexibility index (Phi) is 8.44. The summed E-state index contributed by atoms with van der Waals surface area (Å²) in [5.74, 6) is 0.344. The SMILES string of the molecule is C#Cc1c(F)ccc2cc(O)cc(-c3ncc4c(N5CC6CCC(C5)N6C(=O)OCOC(C)=O)nc(OC[C@@]56CCCN5C[C@H](F)C6)nc4c3F)c12. The van der Waals surface area contributed by atoms with Gasteiger partial charge in [-0.05, 0) is 55.8 Å². The smallest absolute Gasteiger partial charge is 0.413 e. The van der Waals surface area contributed by atoms with Gasteiger partial charge in [-0.2, -0.15) is 9.97 Å². The number of hydrogen-bond acceptors (Lipinski definition) is 11. The van der Waals surface area contributed by atoms with Gasteiger partial charge in [0.15, 0.2) is 5.82 Å². The van der Waals surface area contributed by atoms with Crippen molar-refractivity contribution in [3.05, 3.63) is 47.7 Å². The van der Waals surface area contributed by atoms with E-state index in [1.54, 1.807) is 4.90 Å². The number of alkyl halides is 1. The maximum absolute atomic E-state index is 17.0. The number of piperazine rings is 1. The first-order chi connectivity index (χ1) is 25.0. The van der Waals surface area contributed by atoms with Crippen LogP contribution in [0.1, 0.15) is 44.6 Å². The van der Waals surface area contributed by atoms with Crippen LogP contribution >= 0.6 is 0 Å². The van der Waals surface area contributed by atoms with Gasteiger partial charge >= 0.3 is 18.1 Å². The molecule has 2 unspecified atom stereocenters. The van der Waals surface area contributed by atoms with Crippen molar-refractivity contribution >= 4 is 39.6 Å². The maximum Gasteiger partial charge on any atom is 0.413 e. The first-order valence-electron chi connectivity index (χ1n) is 17.2. The van der Waals surface area contributed by atoms with E-state index in [0.717, 1.165) is 19.4 Å². The van der Waals surface area contributed by atoms with Crippen LogP contribution < -0.4 is 9.64 Å². The zero-order chi connectivity index (χ0) is 36.3. The molecule has 4 aromatic rings. The number of fused-ring (bicyclic) bond motifs is 5. The van der Waals surface area contributed by atoms with Crippen LogP contribution in [-0.4, -0.2) is 105 Å². The van der Waals surface area contributed by atoms with E-state index >= 15 is 4.39 Å². The molecule has 0 aliphatic carbocycles. The van der Waals surface area contributed by atoms with Crippen molar-refractivity contribution < 1.29 is 42.1 Å². The molecular formula is C37H35F3N6O6. The molecule has 4 aliphatic heterocycles. The first kappa shape index (κ1) is 33.8. The van der Waals surface area contributed by atoms with Gasteiger partial charge < -0.3 is 24.2 Å². The molecule has 1 amide bonds. The molecule has 0 spiro atoms. The second kappa shape index (κ2) is 13.0. The molecule has 4 saturated heterocycles. The predicted octanol–water partition coefficient (Wildman–Crippen LogP) is 5.08. The van der Waals surface area contributed by atoms with Gasteiger partial charge in [0.1, 0.15) is 41.4 Å². The Bertz CT molecular complexity index is 2150. The van der Waals surface area contributed by atoms with E-state index in [1.165, 1.54) is 37.4 Å². The third-order valence-electron chi connectivity index (χ3n) is 10.8. The average molecular weight is 717 g/mol. The van der Waals surface area contributed by atoms with Gasteiger partial charge in [-0.15, -0.1) is 6.42 Å². The van der Waals surface area contributed by atoms with Gasteiger partial charge in [-0.1, -0.05) is 12.0 Å². The summed E-state index contributed by atoms with van der Waals surface area (Å²) < 4.78 is 62.7. The van der Waals surface area contributed by atoms with E-state index < -0.39 is 42.2 Å². The van der Waals surface area contributed by atoms with E-state index in [4.69, 9.17) is 25.6 Å². The highest BCUT2D eigenvalue weighted by atomic mass is 19.1. The lowest BCUT2D eigenvalue weighted by atomic mass is 9.95. The number of hydrogen-bond donors (Lipinski definition) is 1. The van der Waals surface area contributed by atoms with Gasteiger partial charge in [0.25, 0.3) is 0 Å². The van der Waals surface area contributed by atoms with Crippen LogP contribution in [0.15, 0.2) is 30.5 Å². The standard InChI is InChI=1S/C37H35F3N6O6/c1-3-26-29(39)8-5-21-11-25(48)12-27(30(21)26)32-31(40)33-28(14-41-32)34(43-35(42-33)50-18-37-9-4-10-45(37)15-22(38)13-37)44-16-23-6-7-24(17-44)46(23)36(49)52-19-51-20(2)47/h1,5,8,11-12,14,22-24,48H,4,6-7,9-10,13,15-19H2,2H3/t22-,23?,24?,37+/m1/s1. The Hall–Kier alpha value is -5.36. The normalized spacial score (nSPS) is 23.9. The number of terminal acetylenes is 1. The van der Waals surface area contributed by atoms with Crippen molar-refractivity contribution in [1.82, 2.24) is 24.8 Å². The van der Waals surface area contributed by atoms with Crippen LogP contribution in [0.3, 0.4) is 0 Å². The highest BCUT2D eigenvalue weighted by Gasteiger charge is 2.50. The largest absolute Gasteiger partial charge is 0.508 e. The van der Waals surface area contributed by atoms with Crippen molar-refractivity contribution in [2.75, 3.05) is 44.5 Å². The first-order valence-corrected chi connectivity index (χ1v) is 17.2. The minimum atomic E-state index is -0.981. The number of nitrogens with zero attached hydrogens (tertiary/aromatic N) is 6. The number of rotatable bonds is 7. The molecule has 1 N–H and O–H groups in total. The number of phenols is 1. The van der Waals surface area contributed by atoms with Crippen molar-refractivity contribution in [2.45, 2.75) is 62.8 Å². The fourth-order valence-electron chi connectivity index (χ4n) is 8.53. The van der Waals surface area contributed by atoms with Crippen LogP contribution in [0.25, 0.3) is 32.9 Å². The molecule has 52 heavy (non-hydrogen) atoms. The van der Waals surface area contributed by atoms with E-state index in [1.807, 2.05) is 4.90 Å². The van der Waals surface area contributed by atoms with Gasteiger partial charge in [-0.25, -0.2) is 18.0 Å². The Balaban J connectivity index is 1.20. The lowest BCUT2D eigenvalue weighted by molar-refractivity contribution is -0.149. The third-order valence-corrected chi connectivity index (χ3v) is 10.8. The number of pyridine rings is 1. The summed E-state index contributed by atoms with van der Waals surface area (Å²) in [4.78, 5) is 43.6. The molecule has 4 fully saturated rings. The Labute approximate surface area is 296 Å². The summed E-state index contributed by atoms with van der Waals surface area (Å²) in [6.07, 6.45) is 8.83. The number of amides is 1. The van der Waals surface area contributed by atoms with Gasteiger partial charge in [0, 0.05) is 50.1 Å². The van der Waals surface area contributed by atoms with Crippen LogP contribution in [0.2, 0.25) is 0 Å². The molecule has 15 heteroatoms. The van der Waals surface area contributed by atoms with E-state index in [2.05, 4.69) is 20.8 Å². The fourth-order valence-corrected chi connectivity index (χ4v) is 8.53. The summed E-state index contributed by atoms with van der Waals surface area (Å²) in [6, 6.07) is 4.62. The Morgan fingerprint density at radius 3 is 2.65 bits per heavy atom. The van der Waals surface area contributed by atoms with Gasteiger partial charge in [0.2, 0.25) is 6.79 Å². The summed E-state index contributed by atoms with van der Waals surface area (Å²) in [5.41, 5.74) is -0.907. The van der Waals surface area contributed by atoms with Crippen LogP contribution in [0, 0.1) is 24.0 Å². The molecule has 6 heterocycles. The number of aromatic nitrogens is 3. The number of anilines is 1. The number of esters is 1. The van der Waals surface area contributed by atoms with Crippen LogP contribution in [0.5, 0.6) is 11.8 Å². The Morgan fingerprint density at radius 1 is 1.12 bits per heavy atom. The lowest BCUT2D eigenvalue weighted by Gasteiger charge is -2.41. The van der Waals surface area contributed by atoms with E-state index in [9.17, 15) is 23.5 Å². The third kappa shape index (κ3) is 5.75. The lowest BCUT2D eigenvalue weighted by Crippen LogP contribution is -2.56. The van der Waals surface area contributed by atoms with Crippen molar-refractivity contribution in [2.24, 2.45) is 0 Å². The zero-order valence-corrected chi connectivity index (χ0v) is 28.3. The van der Waals surface area contributed by atoms with E-state index in [0.29, 0.717) is 50.1 Å². The number of benzene rings is 2. The molecule has 4 aliphatic rings. The summed E-state index contributed by atoms with van der Waals surface area (Å²) in [7, 11) is 0. The second-order valence-corrected chi connectivity index (χ2v) is 13.9. The van der Waals surface area contributed by atoms with Crippen LogP contribution in [0.4, 0.5) is 23.8 Å². The molecule has 2 aromatic heterocycles. The number of ether oxygens (including phenoxy) is 3. The molecular weight excluding hydrogens is 681 g/mol. The van der Waals surface area contributed by atoms with Crippen LogP contribution in [-0.2, 0) is 14.3 Å². The highest BCUT2D eigenvalue weighted by molar-refractivity contribution is 6.03. The van der Waals surface area contributed by atoms with Crippen molar-refractivity contribution in [1.29, 1.82) is 0 Å². The monoisotopic (exact) mass is 716 g/mol.